The fraction of sp³-hybridized carbons (Fsp3) is 0.947. The average molecular weight is 338 g/mol. The fourth-order valence-electron chi connectivity index (χ4n) is 4.49. The second kappa shape index (κ2) is 9.04. The first-order valence-corrected chi connectivity index (χ1v) is 10.1. The van der Waals surface area contributed by atoms with Crippen LogP contribution in [0.1, 0.15) is 64.7 Å². The lowest BCUT2D eigenvalue weighted by Gasteiger charge is -2.37. The van der Waals surface area contributed by atoms with E-state index in [1.165, 1.54) is 32.1 Å². The molecule has 1 atom stereocenters. The van der Waals surface area contributed by atoms with Gasteiger partial charge < -0.3 is 20.3 Å². The Kier molecular flexibility index (Phi) is 6.78. The Hall–Kier alpha value is -0.810. The largest absolute Gasteiger partial charge is 0.381 e. The summed E-state index contributed by atoms with van der Waals surface area (Å²) in [6, 6.07) is 1.69. The van der Waals surface area contributed by atoms with Gasteiger partial charge in [0.25, 0.3) is 0 Å². The normalized spacial score (nSPS) is 26.3. The second-order valence-corrected chi connectivity index (χ2v) is 7.95. The highest BCUT2D eigenvalue weighted by Gasteiger charge is 2.27. The molecular weight excluding hydrogens is 302 g/mol. The van der Waals surface area contributed by atoms with E-state index in [4.69, 9.17) is 4.74 Å². The van der Waals surface area contributed by atoms with Crippen molar-refractivity contribution in [2.24, 2.45) is 5.92 Å². The van der Waals surface area contributed by atoms with Gasteiger partial charge in [-0.15, -0.1) is 0 Å². The number of ether oxygens (including phenoxy) is 1. The number of piperidine rings is 1. The van der Waals surface area contributed by atoms with E-state index < -0.39 is 0 Å². The van der Waals surface area contributed by atoms with Gasteiger partial charge in [0.2, 0.25) is 0 Å². The molecule has 0 aromatic carbocycles. The highest BCUT2D eigenvalue weighted by Crippen LogP contribution is 2.21. The van der Waals surface area contributed by atoms with Crippen molar-refractivity contribution < 1.29 is 9.53 Å². The van der Waals surface area contributed by atoms with Gasteiger partial charge >= 0.3 is 6.03 Å². The predicted octanol–water partition coefficient (Wildman–Crippen LogP) is 2.90. The van der Waals surface area contributed by atoms with Crippen molar-refractivity contribution in [2.75, 3.05) is 26.3 Å². The van der Waals surface area contributed by atoms with E-state index in [1.54, 1.807) is 0 Å². The van der Waals surface area contributed by atoms with Crippen LogP contribution in [0, 0.1) is 5.92 Å². The fourth-order valence-corrected chi connectivity index (χ4v) is 4.49. The van der Waals surface area contributed by atoms with Crippen molar-refractivity contribution in [3.63, 3.8) is 0 Å². The number of carbonyl (C=O) groups excluding carboxylic acids is 1. The van der Waals surface area contributed by atoms with Crippen LogP contribution in [0.25, 0.3) is 0 Å². The summed E-state index contributed by atoms with van der Waals surface area (Å²) < 4.78 is 5.46. The molecule has 2 heterocycles. The van der Waals surface area contributed by atoms with Crippen LogP contribution in [-0.2, 0) is 4.74 Å². The summed E-state index contributed by atoms with van der Waals surface area (Å²) in [4.78, 5) is 14.4. The van der Waals surface area contributed by atoms with Crippen LogP contribution in [-0.4, -0.2) is 55.4 Å². The van der Waals surface area contributed by atoms with E-state index in [1.807, 2.05) is 4.90 Å². The Morgan fingerprint density at radius 1 is 0.958 bits per heavy atom. The molecule has 3 aliphatic rings. The number of amides is 2. The minimum absolute atomic E-state index is 0.165. The molecule has 1 aliphatic carbocycles. The molecule has 0 bridgehead atoms. The summed E-state index contributed by atoms with van der Waals surface area (Å²) in [7, 11) is 0. The quantitative estimate of drug-likeness (QED) is 0.829. The molecular formula is C19H35N3O2. The number of likely N-dealkylation sites (tertiary alicyclic amines) is 1. The number of urea groups is 1. The van der Waals surface area contributed by atoms with E-state index in [0.717, 1.165) is 57.9 Å². The molecule has 5 heteroatoms. The molecule has 2 aliphatic heterocycles. The van der Waals surface area contributed by atoms with Gasteiger partial charge in [-0.3, -0.25) is 0 Å². The molecule has 3 fully saturated rings. The Balaban J connectivity index is 1.36. The summed E-state index contributed by atoms with van der Waals surface area (Å²) in [5, 5.41) is 7.06. The Bertz CT molecular complexity index is 384. The number of nitrogens with zero attached hydrogens (tertiary/aromatic N) is 1. The van der Waals surface area contributed by atoms with Gasteiger partial charge in [-0.25, -0.2) is 4.79 Å². The molecule has 1 saturated carbocycles. The first kappa shape index (κ1) is 18.0. The summed E-state index contributed by atoms with van der Waals surface area (Å²) >= 11 is 0. The molecule has 2 amide bonds. The van der Waals surface area contributed by atoms with Crippen LogP contribution in [0.15, 0.2) is 0 Å². The van der Waals surface area contributed by atoms with Gasteiger partial charge in [-0.05, 0) is 51.4 Å². The highest BCUT2D eigenvalue weighted by molar-refractivity contribution is 5.74. The van der Waals surface area contributed by atoms with E-state index in [9.17, 15) is 4.79 Å². The van der Waals surface area contributed by atoms with E-state index >= 15 is 0 Å². The van der Waals surface area contributed by atoms with Gasteiger partial charge in [0.15, 0.2) is 0 Å². The number of rotatable bonds is 4. The third-order valence-corrected chi connectivity index (χ3v) is 6.19. The summed E-state index contributed by atoms with van der Waals surface area (Å²) in [6.45, 7) is 5.92. The van der Waals surface area contributed by atoms with Gasteiger partial charge in [-0.1, -0.05) is 19.3 Å². The van der Waals surface area contributed by atoms with Crippen LogP contribution in [0.4, 0.5) is 4.79 Å². The zero-order valence-electron chi connectivity index (χ0n) is 15.3. The topological polar surface area (TPSA) is 53.6 Å². The zero-order chi connectivity index (χ0) is 16.8. The second-order valence-electron chi connectivity index (χ2n) is 7.95. The first-order valence-electron chi connectivity index (χ1n) is 10.1. The lowest BCUT2D eigenvalue weighted by Crippen LogP contribution is -2.52. The van der Waals surface area contributed by atoms with Crippen molar-refractivity contribution in [3.8, 4) is 0 Å². The number of hydrogen-bond donors (Lipinski definition) is 2. The van der Waals surface area contributed by atoms with Crippen LogP contribution >= 0.6 is 0 Å². The Labute approximate surface area is 146 Å². The highest BCUT2D eigenvalue weighted by atomic mass is 16.5. The van der Waals surface area contributed by atoms with Crippen molar-refractivity contribution in [1.29, 1.82) is 0 Å². The molecule has 0 unspecified atom stereocenters. The smallest absolute Gasteiger partial charge is 0.317 e. The van der Waals surface area contributed by atoms with Gasteiger partial charge in [0.05, 0.1) is 0 Å². The number of hydrogen-bond acceptors (Lipinski definition) is 3. The first-order chi connectivity index (χ1) is 11.7. The molecule has 0 spiro atoms. The van der Waals surface area contributed by atoms with Crippen LogP contribution in [0.2, 0.25) is 0 Å². The third kappa shape index (κ3) is 5.09. The number of nitrogens with one attached hydrogen (secondary N) is 2. The van der Waals surface area contributed by atoms with Gasteiger partial charge in [0, 0.05) is 44.4 Å². The predicted molar refractivity (Wildman–Crippen MR) is 96.1 cm³/mol. The molecule has 2 saturated heterocycles. The molecule has 138 valence electrons. The van der Waals surface area contributed by atoms with Gasteiger partial charge in [-0.2, -0.15) is 0 Å². The number of carbonyl (C=O) groups is 1. The third-order valence-electron chi connectivity index (χ3n) is 6.19. The molecule has 0 radical (unpaired) electrons. The minimum atomic E-state index is 0.165. The lowest BCUT2D eigenvalue weighted by atomic mass is 9.91. The van der Waals surface area contributed by atoms with E-state index in [2.05, 4.69) is 17.6 Å². The molecule has 5 nitrogen and oxygen atoms in total. The maximum Gasteiger partial charge on any atom is 0.317 e. The monoisotopic (exact) mass is 337 g/mol. The molecule has 24 heavy (non-hydrogen) atoms. The van der Waals surface area contributed by atoms with E-state index in [-0.39, 0.29) is 6.03 Å². The maximum atomic E-state index is 12.4. The van der Waals surface area contributed by atoms with Gasteiger partial charge in [0.1, 0.15) is 0 Å². The SMILES string of the molecule is C[C@H](NC1CCN(C(=O)NC2CCCCC2)CC1)C1CCOCC1. The summed E-state index contributed by atoms with van der Waals surface area (Å²) in [5.74, 6) is 0.742. The lowest BCUT2D eigenvalue weighted by molar-refractivity contribution is 0.0529. The molecule has 0 aromatic rings. The van der Waals surface area contributed by atoms with Crippen LogP contribution < -0.4 is 10.6 Å². The summed E-state index contributed by atoms with van der Waals surface area (Å²) in [6.07, 6.45) is 10.7. The standard InChI is InChI=1S/C19H35N3O2/c1-15(16-9-13-24-14-10-16)20-18-7-11-22(12-8-18)19(23)21-17-5-3-2-4-6-17/h15-18,20H,2-14H2,1H3,(H,21,23)/t15-/m0/s1. The Morgan fingerprint density at radius 3 is 2.29 bits per heavy atom. The van der Waals surface area contributed by atoms with Crippen molar-refractivity contribution in [1.82, 2.24) is 15.5 Å². The molecule has 3 rings (SSSR count). The van der Waals surface area contributed by atoms with Crippen LogP contribution in [0.5, 0.6) is 0 Å². The zero-order valence-corrected chi connectivity index (χ0v) is 15.3. The van der Waals surface area contributed by atoms with Crippen LogP contribution in [0.3, 0.4) is 0 Å². The molecule has 0 aromatic heterocycles. The van der Waals surface area contributed by atoms with Crippen molar-refractivity contribution >= 4 is 6.03 Å². The van der Waals surface area contributed by atoms with Crippen molar-refractivity contribution in [3.05, 3.63) is 0 Å². The molecule has 2 N–H and O–H groups in total. The van der Waals surface area contributed by atoms with Crippen molar-refractivity contribution in [2.45, 2.75) is 82.8 Å². The maximum absolute atomic E-state index is 12.4. The minimum Gasteiger partial charge on any atom is -0.381 e. The Morgan fingerprint density at radius 2 is 1.62 bits per heavy atom. The van der Waals surface area contributed by atoms with E-state index in [0.29, 0.717) is 18.1 Å². The average Bonchev–Trinajstić information content (AvgIpc) is 2.64. The summed E-state index contributed by atoms with van der Waals surface area (Å²) in [5.41, 5.74) is 0.